The Balaban J connectivity index is 1.53. The molecule has 0 aromatic heterocycles. The van der Waals surface area contributed by atoms with Crippen LogP contribution < -0.4 is 10.6 Å². The van der Waals surface area contributed by atoms with Crippen molar-refractivity contribution in [3.8, 4) is 23.0 Å². The fraction of sp³-hybridized carbons (Fsp3) is 0.0909. The monoisotopic (exact) mass is 408 g/mol. The smallest absolute Gasteiger partial charge is 0.251 e. The molecule has 0 fully saturated rings. The molecule has 0 saturated heterocycles. The number of hydrogen-bond acceptors (Lipinski definition) is 6. The number of phenols is 4. The molecule has 3 rings (SSSR count). The zero-order valence-corrected chi connectivity index (χ0v) is 15.8. The van der Waals surface area contributed by atoms with Gasteiger partial charge in [0.05, 0.1) is 0 Å². The Hall–Kier alpha value is -4.20. The zero-order chi connectivity index (χ0) is 21.7. The molecule has 6 N–H and O–H groups in total. The van der Waals surface area contributed by atoms with Crippen LogP contribution in [0.1, 0.15) is 31.8 Å². The number of rotatable bonds is 6. The van der Waals surface area contributed by atoms with E-state index in [1.165, 1.54) is 24.3 Å². The van der Waals surface area contributed by atoms with Crippen LogP contribution in [0.5, 0.6) is 23.0 Å². The van der Waals surface area contributed by atoms with Crippen LogP contribution in [-0.2, 0) is 13.1 Å². The molecule has 0 atom stereocenters. The summed E-state index contributed by atoms with van der Waals surface area (Å²) >= 11 is 0. The Morgan fingerprint density at radius 3 is 1.17 bits per heavy atom. The van der Waals surface area contributed by atoms with Gasteiger partial charge in [-0.25, -0.2) is 0 Å². The van der Waals surface area contributed by atoms with Crippen LogP contribution in [-0.4, -0.2) is 32.2 Å². The van der Waals surface area contributed by atoms with Gasteiger partial charge in [-0.2, -0.15) is 0 Å². The molecule has 0 aliphatic heterocycles. The molecular formula is C22H20N2O6. The van der Waals surface area contributed by atoms with Gasteiger partial charge in [-0.1, -0.05) is 24.3 Å². The summed E-state index contributed by atoms with van der Waals surface area (Å²) in [6, 6.07) is 14.5. The molecule has 8 nitrogen and oxygen atoms in total. The second-order valence-electron chi connectivity index (χ2n) is 6.66. The van der Waals surface area contributed by atoms with E-state index in [1.54, 1.807) is 24.3 Å². The lowest BCUT2D eigenvalue weighted by Gasteiger charge is -2.09. The first-order chi connectivity index (χ1) is 14.3. The van der Waals surface area contributed by atoms with Crippen molar-refractivity contribution in [2.75, 3.05) is 0 Å². The summed E-state index contributed by atoms with van der Waals surface area (Å²) in [5.41, 5.74) is 1.93. The van der Waals surface area contributed by atoms with E-state index in [-0.39, 0.29) is 47.2 Å². The maximum Gasteiger partial charge on any atom is 0.251 e. The minimum atomic E-state index is -0.438. The molecule has 0 aliphatic carbocycles. The molecule has 0 radical (unpaired) electrons. The van der Waals surface area contributed by atoms with Crippen molar-refractivity contribution in [2.45, 2.75) is 13.1 Å². The lowest BCUT2D eigenvalue weighted by Crippen LogP contribution is -2.23. The molecule has 0 heterocycles. The summed E-state index contributed by atoms with van der Waals surface area (Å²) in [4.78, 5) is 24.3. The summed E-state index contributed by atoms with van der Waals surface area (Å²) in [7, 11) is 0. The molecule has 30 heavy (non-hydrogen) atoms. The normalized spacial score (nSPS) is 10.4. The fourth-order valence-electron chi connectivity index (χ4n) is 2.80. The van der Waals surface area contributed by atoms with Gasteiger partial charge in [0.25, 0.3) is 11.8 Å². The lowest BCUT2D eigenvalue weighted by atomic mass is 10.1. The van der Waals surface area contributed by atoms with Crippen LogP contribution in [0.15, 0.2) is 60.7 Å². The second-order valence-corrected chi connectivity index (χ2v) is 6.66. The van der Waals surface area contributed by atoms with Crippen LogP contribution in [0.3, 0.4) is 0 Å². The van der Waals surface area contributed by atoms with E-state index in [0.29, 0.717) is 0 Å². The summed E-state index contributed by atoms with van der Waals surface area (Å²) in [5.74, 6) is -1.68. The summed E-state index contributed by atoms with van der Waals surface area (Å²) in [6.07, 6.45) is 0. The van der Waals surface area contributed by atoms with Crippen LogP contribution in [0.25, 0.3) is 0 Å². The van der Waals surface area contributed by atoms with E-state index in [4.69, 9.17) is 0 Å². The molecule has 3 aromatic carbocycles. The Bertz CT molecular complexity index is 952. The summed E-state index contributed by atoms with van der Waals surface area (Å²) in [5, 5.41) is 43.2. The molecule has 0 aliphatic rings. The van der Waals surface area contributed by atoms with Crippen molar-refractivity contribution < 1.29 is 30.0 Å². The van der Waals surface area contributed by atoms with Gasteiger partial charge in [0, 0.05) is 36.3 Å². The highest BCUT2D eigenvalue weighted by Crippen LogP contribution is 2.21. The minimum Gasteiger partial charge on any atom is -0.508 e. The highest BCUT2D eigenvalue weighted by Gasteiger charge is 2.10. The number of aromatic hydroxyl groups is 4. The van der Waals surface area contributed by atoms with Crippen molar-refractivity contribution in [3.63, 3.8) is 0 Å². The zero-order valence-electron chi connectivity index (χ0n) is 15.8. The maximum atomic E-state index is 12.1. The van der Waals surface area contributed by atoms with E-state index < -0.39 is 11.8 Å². The van der Waals surface area contributed by atoms with Crippen LogP contribution in [0.2, 0.25) is 0 Å². The Morgan fingerprint density at radius 1 is 0.567 bits per heavy atom. The predicted molar refractivity (Wildman–Crippen MR) is 108 cm³/mol. The third-order valence-corrected chi connectivity index (χ3v) is 4.26. The molecule has 0 saturated carbocycles. The van der Waals surface area contributed by atoms with Gasteiger partial charge in [0.15, 0.2) is 0 Å². The molecule has 0 unspecified atom stereocenters. The molecular weight excluding hydrogens is 388 g/mol. The lowest BCUT2D eigenvalue weighted by molar-refractivity contribution is 0.0942. The molecule has 3 aromatic rings. The number of carbonyl (C=O) groups excluding carboxylic acids is 2. The quantitative estimate of drug-likeness (QED) is 0.370. The SMILES string of the molecule is O=C(NCc1ccc(CNC(=O)c2cc(O)cc(O)c2)cc1)c1cc(O)cc(O)c1. The number of nitrogens with one attached hydrogen (secondary N) is 2. The second kappa shape index (κ2) is 8.87. The molecule has 154 valence electrons. The number of hydrogen-bond donors (Lipinski definition) is 6. The largest absolute Gasteiger partial charge is 0.508 e. The number of phenolic OH excluding ortho intramolecular Hbond substituents is 4. The van der Waals surface area contributed by atoms with Crippen molar-refractivity contribution in [1.29, 1.82) is 0 Å². The van der Waals surface area contributed by atoms with E-state index in [0.717, 1.165) is 23.3 Å². The van der Waals surface area contributed by atoms with Gasteiger partial charge >= 0.3 is 0 Å². The predicted octanol–water partition coefficient (Wildman–Crippen LogP) is 2.37. The van der Waals surface area contributed by atoms with Gasteiger partial charge in [-0.05, 0) is 35.4 Å². The van der Waals surface area contributed by atoms with Gasteiger partial charge in [0.1, 0.15) is 23.0 Å². The van der Waals surface area contributed by atoms with E-state index in [1.807, 2.05) is 0 Å². The van der Waals surface area contributed by atoms with E-state index >= 15 is 0 Å². The minimum absolute atomic E-state index is 0.143. The highest BCUT2D eigenvalue weighted by molar-refractivity contribution is 5.95. The Kier molecular flexibility index (Phi) is 6.07. The van der Waals surface area contributed by atoms with Gasteiger partial charge < -0.3 is 31.1 Å². The van der Waals surface area contributed by atoms with Crippen LogP contribution >= 0.6 is 0 Å². The van der Waals surface area contributed by atoms with Gasteiger partial charge in [-0.15, -0.1) is 0 Å². The first-order valence-electron chi connectivity index (χ1n) is 9.00. The van der Waals surface area contributed by atoms with Crippen molar-refractivity contribution in [1.82, 2.24) is 10.6 Å². The van der Waals surface area contributed by atoms with Crippen LogP contribution in [0.4, 0.5) is 0 Å². The van der Waals surface area contributed by atoms with Gasteiger partial charge in [-0.3, -0.25) is 9.59 Å². The first kappa shape index (κ1) is 20.5. The number of carbonyl (C=O) groups is 2. The molecule has 0 bridgehead atoms. The Morgan fingerprint density at radius 2 is 0.867 bits per heavy atom. The number of amides is 2. The Labute approximate surface area is 172 Å². The van der Waals surface area contributed by atoms with Gasteiger partial charge in [0.2, 0.25) is 0 Å². The summed E-state index contributed by atoms with van der Waals surface area (Å²) in [6.45, 7) is 0.481. The molecule has 0 spiro atoms. The maximum absolute atomic E-state index is 12.1. The highest BCUT2D eigenvalue weighted by atomic mass is 16.3. The average molecular weight is 408 g/mol. The van der Waals surface area contributed by atoms with Crippen molar-refractivity contribution >= 4 is 11.8 Å². The van der Waals surface area contributed by atoms with Crippen molar-refractivity contribution in [3.05, 3.63) is 82.9 Å². The van der Waals surface area contributed by atoms with E-state index in [9.17, 15) is 30.0 Å². The van der Waals surface area contributed by atoms with Crippen LogP contribution in [0, 0.1) is 0 Å². The standard InChI is InChI=1S/C22H20N2O6/c25-17-5-15(6-18(26)9-17)21(29)23-11-13-1-2-14(4-3-13)12-24-22(30)16-7-19(27)10-20(28)8-16/h1-10,25-28H,11-12H2,(H,23,29)(H,24,30). The average Bonchev–Trinajstić information content (AvgIpc) is 2.69. The van der Waals surface area contributed by atoms with E-state index in [2.05, 4.69) is 10.6 Å². The topological polar surface area (TPSA) is 139 Å². The third kappa shape index (κ3) is 5.41. The molecule has 8 heteroatoms. The third-order valence-electron chi connectivity index (χ3n) is 4.26. The fourth-order valence-corrected chi connectivity index (χ4v) is 2.80. The van der Waals surface area contributed by atoms with Crippen molar-refractivity contribution in [2.24, 2.45) is 0 Å². The first-order valence-corrected chi connectivity index (χ1v) is 9.00. The summed E-state index contributed by atoms with van der Waals surface area (Å²) < 4.78 is 0. The molecule has 2 amide bonds. The number of benzene rings is 3.